The zero-order chi connectivity index (χ0) is 23.5. The predicted octanol–water partition coefficient (Wildman–Crippen LogP) is 3.79. The number of furan rings is 1. The van der Waals surface area contributed by atoms with Crippen molar-refractivity contribution in [3.63, 3.8) is 0 Å². The molecule has 1 aliphatic heterocycles. The number of likely N-dealkylation sites (N-methyl/N-ethyl adjacent to an activating group) is 1. The first-order chi connectivity index (χ1) is 15.9. The summed E-state index contributed by atoms with van der Waals surface area (Å²) < 4.78 is 11.7. The number of ether oxygens (including phenoxy) is 1. The SMILES string of the molecule is COc1cc([N+](=O)[O-])ccc1-c1ccc(C2C(c3ccccn3)NC(=S)N2CCN(C)C)o1. The molecule has 1 aliphatic rings. The van der Waals surface area contributed by atoms with Crippen LogP contribution in [-0.4, -0.2) is 59.1 Å². The molecule has 4 rings (SSSR count). The van der Waals surface area contributed by atoms with E-state index < -0.39 is 4.92 Å². The van der Waals surface area contributed by atoms with Crippen LogP contribution in [0.4, 0.5) is 5.69 Å². The smallest absolute Gasteiger partial charge is 0.273 e. The Balaban J connectivity index is 1.72. The molecule has 172 valence electrons. The number of nitrogens with one attached hydrogen (secondary N) is 1. The number of hydrogen-bond donors (Lipinski definition) is 1. The van der Waals surface area contributed by atoms with E-state index in [0.29, 0.717) is 34.5 Å². The fourth-order valence-electron chi connectivity index (χ4n) is 3.92. The minimum Gasteiger partial charge on any atom is -0.496 e. The maximum atomic E-state index is 11.1. The molecule has 1 fully saturated rings. The number of nitro benzene ring substituents is 1. The highest BCUT2D eigenvalue weighted by Gasteiger charge is 2.41. The van der Waals surface area contributed by atoms with E-state index in [1.54, 1.807) is 12.3 Å². The van der Waals surface area contributed by atoms with E-state index in [0.717, 1.165) is 12.2 Å². The van der Waals surface area contributed by atoms with E-state index in [-0.39, 0.29) is 17.8 Å². The molecule has 3 aromatic rings. The number of benzene rings is 1. The first-order valence-electron chi connectivity index (χ1n) is 10.4. The van der Waals surface area contributed by atoms with Crippen molar-refractivity contribution in [2.45, 2.75) is 12.1 Å². The fourth-order valence-corrected chi connectivity index (χ4v) is 4.25. The Bertz CT molecular complexity index is 1150. The lowest BCUT2D eigenvalue weighted by Crippen LogP contribution is -2.35. The van der Waals surface area contributed by atoms with Gasteiger partial charge in [0, 0.05) is 25.4 Å². The molecule has 9 nitrogen and oxygen atoms in total. The Morgan fingerprint density at radius 1 is 1.27 bits per heavy atom. The molecular weight excluding hydrogens is 442 g/mol. The zero-order valence-corrected chi connectivity index (χ0v) is 19.4. The molecule has 0 radical (unpaired) electrons. The van der Waals surface area contributed by atoms with Crippen molar-refractivity contribution in [3.05, 3.63) is 76.3 Å². The predicted molar refractivity (Wildman–Crippen MR) is 128 cm³/mol. The van der Waals surface area contributed by atoms with Crippen molar-refractivity contribution in [2.75, 3.05) is 34.3 Å². The van der Waals surface area contributed by atoms with Gasteiger partial charge in [-0.05, 0) is 56.6 Å². The van der Waals surface area contributed by atoms with Gasteiger partial charge in [-0.15, -0.1) is 0 Å². The molecule has 0 amide bonds. The zero-order valence-electron chi connectivity index (χ0n) is 18.6. The second kappa shape index (κ2) is 9.55. The van der Waals surface area contributed by atoms with Crippen molar-refractivity contribution in [1.29, 1.82) is 0 Å². The van der Waals surface area contributed by atoms with Crippen molar-refractivity contribution in [2.24, 2.45) is 0 Å². The van der Waals surface area contributed by atoms with Gasteiger partial charge in [-0.25, -0.2) is 0 Å². The van der Waals surface area contributed by atoms with Crippen LogP contribution in [0.1, 0.15) is 23.5 Å². The summed E-state index contributed by atoms with van der Waals surface area (Å²) >= 11 is 5.67. The normalized spacial score (nSPS) is 17.9. The van der Waals surface area contributed by atoms with Crippen molar-refractivity contribution in [1.82, 2.24) is 20.1 Å². The molecule has 33 heavy (non-hydrogen) atoms. The van der Waals surface area contributed by atoms with Crippen molar-refractivity contribution in [3.8, 4) is 17.1 Å². The van der Waals surface area contributed by atoms with Crippen LogP contribution in [0.15, 0.2) is 59.1 Å². The maximum absolute atomic E-state index is 11.1. The Labute approximate surface area is 197 Å². The topological polar surface area (TPSA) is 96.9 Å². The number of methoxy groups -OCH3 is 1. The van der Waals surface area contributed by atoms with E-state index in [9.17, 15) is 10.1 Å². The molecule has 0 spiro atoms. The van der Waals surface area contributed by atoms with E-state index in [2.05, 4.69) is 20.1 Å². The average Bonchev–Trinajstić information content (AvgIpc) is 3.42. The van der Waals surface area contributed by atoms with Gasteiger partial charge < -0.3 is 24.3 Å². The van der Waals surface area contributed by atoms with Crippen LogP contribution in [-0.2, 0) is 0 Å². The van der Waals surface area contributed by atoms with Crippen LogP contribution in [0.5, 0.6) is 5.75 Å². The van der Waals surface area contributed by atoms with Crippen LogP contribution in [0.25, 0.3) is 11.3 Å². The highest BCUT2D eigenvalue weighted by Crippen LogP contribution is 2.41. The minimum absolute atomic E-state index is 0.0437. The first kappa shape index (κ1) is 22.7. The Hall–Kier alpha value is -3.50. The summed E-state index contributed by atoms with van der Waals surface area (Å²) in [5.74, 6) is 1.64. The summed E-state index contributed by atoms with van der Waals surface area (Å²) in [6.07, 6.45) is 1.76. The van der Waals surface area contributed by atoms with E-state index in [1.165, 1.54) is 19.2 Å². The molecule has 1 aromatic carbocycles. The second-order valence-corrected chi connectivity index (χ2v) is 8.35. The summed E-state index contributed by atoms with van der Waals surface area (Å²) in [6, 6.07) is 13.6. The number of hydrogen-bond acceptors (Lipinski definition) is 7. The molecule has 0 bridgehead atoms. The molecule has 1 N–H and O–H groups in total. The van der Waals surface area contributed by atoms with Gasteiger partial charge in [0.1, 0.15) is 23.3 Å². The molecule has 2 atom stereocenters. The Kier molecular flexibility index (Phi) is 6.57. The number of nitrogens with zero attached hydrogens (tertiary/aromatic N) is 4. The van der Waals surface area contributed by atoms with Gasteiger partial charge in [-0.3, -0.25) is 15.1 Å². The fraction of sp³-hybridized carbons (Fsp3) is 0.304. The van der Waals surface area contributed by atoms with Crippen LogP contribution in [0, 0.1) is 10.1 Å². The molecule has 2 unspecified atom stereocenters. The number of thiocarbonyl (C=S) groups is 1. The van der Waals surface area contributed by atoms with Crippen LogP contribution in [0.2, 0.25) is 0 Å². The Morgan fingerprint density at radius 2 is 2.09 bits per heavy atom. The number of pyridine rings is 1. The lowest BCUT2D eigenvalue weighted by molar-refractivity contribution is -0.384. The van der Waals surface area contributed by atoms with E-state index in [4.69, 9.17) is 21.4 Å². The molecule has 0 saturated carbocycles. The lowest BCUT2D eigenvalue weighted by atomic mass is 10.0. The summed E-state index contributed by atoms with van der Waals surface area (Å²) in [7, 11) is 5.51. The molecular formula is C23H25N5O4S. The highest BCUT2D eigenvalue weighted by atomic mass is 32.1. The van der Waals surface area contributed by atoms with Crippen LogP contribution < -0.4 is 10.1 Å². The molecule has 10 heteroatoms. The molecule has 0 aliphatic carbocycles. The minimum atomic E-state index is -0.453. The number of rotatable bonds is 8. The number of non-ortho nitro benzene ring substituents is 1. The third-order valence-corrected chi connectivity index (χ3v) is 5.92. The molecule has 3 heterocycles. The summed E-state index contributed by atoms with van der Waals surface area (Å²) in [6.45, 7) is 1.53. The van der Waals surface area contributed by atoms with Crippen LogP contribution >= 0.6 is 12.2 Å². The van der Waals surface area contributed by atoms with Crippen LogP contribution in [0.3, 0.4) is 0 Å². The number of aromatic nitrogens is 1. The second-order valence-electron chi connectivity index (χ2n) is 7.97. The van der Waals surface area contributed by atoms with E-state index in [1.807, 2.05) is 44.4 Å². The summed E-state index contributed by atoms with van der Waals surface area (Å²) in [5, 5.41) is 15.2. The summed E-state index contributed by atoms with van der Waals surface area (Å²) in [4.78, 5) is 19.4. The number of nitro groups is 1. The van der Waals surface area contributed by atoms with Gasteiger partial charge >= 0.3 is 0 Å². The standard InChI is InChI=1S/C23H25N5O4S/c1-26(2)12-13-27-22(21(25-23(27)33)17-6-4-5-11-24-17)19-10-9-18(32-19)16-8-7-15(28(29)30)14-20(16)31-3/h4-11,14,21-22H,12-13H2,1-3H3,(H,25,33). The third-order valence-electron chi connectivity index (χ3n) is 5.57. The Morgan fingerprint density at radius 3 is 2.76 bits per heavy atom. The first-order valence-corrected chi connectivity index (χ1v) is 10.8. The maximum Gasteiger partial charge on any atom is 0.273 e. The van der Waals surface area contributed by atoms with Gasteiger partial charge in [0.2, 0.25) is 0 Å². The summed E-state index contributed by atoms with van der Waals surface area (Å²) in [5.41, 5.74) is 1.46. The largest absolute Gasteiger partial charge is 0.496 e. The molecule has 2 aromatic heterocycles. The van der Waals surface area contributed by atoms with Crippen molar-refractivity contribution >= 4 is 23.0 Å². The van der Waals surface area contributed by atoms with Gasteiger partial charge in [0.25, 0.3) is 5.69 Å². The van der Waals surface area contributed by atoms with E-state index >= 15 is 0 Å². The van der Waals surface area contributed by atoms with Gasteiger partial charge in [0.05, 0.1) is 35.4 Å². The highest BCUT2D eigenvalue weighted by molar-refractivity contribution is 7.80. The quantitative estimate of drug-likeness (QED) is 0.301. The third kappa shape index (κ3) is 4.67. The lowest BCUT2D eigenvalue weighted by Gasteiger charge is -2.27. The van der Waals surface area contributed by atoms with Gasteiger partial charge in [-0.1, -0.05) is 6.07 Å². The van der Waals surface area contributed by atoms with Crippen molar-refractivity contribution < 1.29 is 14.1 Å². The monoisotopic (exact) mass is 467 g/mol. The van der Waals surface area contributed by atoms with Gasteiger partial charge in [0.15, 0.2) is 5.11 Å². The van der Waals surface area contributed by atoms with Gasteiger partial charge in [-0.2, -0.15) is 0 Å². The molecule has 1 saturated heterocycles. The average molecular weight is 468 g/mol.